The molecule has 0 aliphatic rings. The molecule has 2 aromatic carbocycles. The van der Waals surface area contributed by atoms with Crippen LogP contribution in [0.3, 0.4) is 0 Å². The number of aryl methyl sites for hydroxylation is 1. The second kappa shape index (κ2) is 8.31. The van der Waals surface area contributed by atoms with Crippen molar-refractivity contribution in [2.24, 2.45) is 7.05 Å². The molecule has 2 aromatic heterocycles. The number of fused-ring (bicyclic) bond motifs is 1. The Morgan fingerprint density at radius 3 is 2.57 bits per heavy atom. The van der Waals surface area contributed by atoms with Crippen molar-refractivity contribution in [2.75, 3.05) is 0 Å². The smallest absolute Gasteiger partial charge is 0.287 e. The Kier molecular flexibility index (Phi) is 5.58. The highest BCUT2D eigenvalue weighted by molar-refractivity contribution is 7.19. The van der Waals surface area contributed by atoms with Gasteiger partial charge in [-0.3, -0.25) is 13.9 Å². The standard InChI is InChI=1S/C23H16ClFN2O2S/c1-26-22-20(13-19(30-22)7-3-4-15-8-10-17(24)11-9-15)21(28)27(23(26)29)14-16-5-2-6-18(25)12-16/h2,5-6,8-13H,4,14H2,1H3. The molecular formula is C23H16ClFN2O2S. The fraction of sp³-hybridized carbons (Fsp3) is 0.130. The molecule has 0 saturated heterocycles. The van der Waals surface area contributed by atoms with Crippen LogP contribution in [-0.2, 0) is 20.0 Å². The Hall–Kier alpha value is -3.14. The monoisotopic (exact) mass is 438 g/mol. The van der Waals surface area contributed by atoms with Gasteiger partial charge in [-0.05, 0) is 41.5 Å². The first kappa shape index (κ1) is 20.1. The first-order chi connectivity index (χ1) is 14.4. The second-order valence-electron chi connectivity index (χ2n) is 6.80. The molecule has 0 fully saturated rings. The van der Waals surface area contributed by atoms with E-state index < -0.39 is 17.1 Å². The highest BCUT2D eigenvalue weighted by atomic mass is 35.5. The van der Waals surface area contributed by atoms with Crippen molar-refractivity contribution in [1.29, 1.82) is 0 Å². The van der Waals surface area contributed by atoms with E-state index in [4.69, 9.17) is 11.6 Å². The lowest BCUT2D eigenvalue weighted by atomic mass is 10.1. The summed E-state index contributed by atoms with van der Waals surface area (Å²) in [6.45, 7) is 0.00658. The summed E-state index contributed by atoms with van der Waals surface area (Å²) in [5, 5.41) is 1.10. The van der Waals surface area contributed by atoms with Crippen LogP contribution in [0.25, 0.3) is 10.2 Å². The molecule has 7 heteroatoms. The van der Waals surface area contributed by atoms with Gasteiger partial charge in [0.05, 0.1) is 16.8 Å². The van der Waals surface area contributed by atoms with E-state index in [1.165, 1.54) is 28.0 Å². The molecule has 0 saturated carbocycles. The average Bonchev–Trinajstić information content (AvgIpc) is 3.16. The lowest BCUT2D eigenvalue weighted by molar-refractivity contribution is 0.618. The van der Waals surface area contributed by atoms with Crippen LogP contribution < -0.4 is 11.2 Å². The number of halogens is 2. The SMILES string of the molecule is Cn1c(=O)n(Cc2cccc(F)c2)c(=O)c2cc(C#CCc3ccc(Cl)cc3)sc21. The van der Waals surface area contributed by atoms with Gasteiger partial charge in [0.25, 0.3) is 5.56 Å². The summed E-state index contributed by atoms with van der Waals surface area (Å²) in [6.07, 6.45) is 0.550. The molecule has 2 heterocycles. The highest BCUT2D eigenvalue weighted by Crippen LogP contribution is 2.21. The molecule has 0 aliphatic carbocycles. The lowest BCUT2D eigenvalue weighted by Crippen LogP contribution is -2.38. The maximum absolute atomic E-state index is 13.5. The molecule has 4 rings (SSSR count). The van der Waals surface area contributed by atoms with Crippen LogP contribution in [0.15, 0.2) is 64.2 Å². The molecule has 0 spiro atoms. The third-order valence-electron chi connectivity index (χ3n) is 4.66. The molecule has 4 aromatic rings. The molecule has 4 nitrogen and oxygen atoms in total. The van der Waals surface area contributed by atoms with Gasteiger partial charge in [0.1, 0.15) is 10.6 Å². The van der Waals surface area contributed by atoms with Crippen molar-refractivity contribution in [3.05, 3.63) is 102 Å². The molecule has 0 radical (unpaired) electrons. The summed E-state index contributed by atoms with van der Waals surface area (Å²) in [4.78, 5) is 26.9. The number of rotatable bonds is 3. The van der Waals surface area contributed by atoms with E-state index in [-0.39, 0.29) is 6.54 Å². The van der Waals surface area contributed by atoms with Crippen molar-refractivity contribution in [3.63, 3.8) is 0 Å². The van der Waals surface area contributed by atoms with Crippen LogP contribution >= 0.6 is 22.9 Å². The van der Waals surface area contributed by atoms with Gasteiger partial charge in [0.2, 0.25) is 0 Å². The Morgan fingerprint density at radius 2 is 1.83 bits per heavy atom. The van der Waals surface area contributed by atoms with Gasteiger partial charge in [-0.15, -0.1) is 11.3 Å². The lowest BCUT2D eigenvalue weighted by Gasteiger charge is -2.08. The van der Waals surface area contributed by atoms with Gasteiger partial charge in [-0.2, -0.15) is 0 Å². The van der Waals surface area contributed by atoms with Gasteiger partial charge in [-0.25, -0.2) is 9.18 Å². The zero-order valence-corrected chi connectivity index (χ0v) is 17.6. The van der Waals surface area contributed by atoms with Gasteiger partial charge in [0, 0.05) is 18.5 Å². The fourth-order valence-corrected chi connectivity index (χ4v) is 4.24. The summed E-state index contributed by atoms with van der Waals surface area (Å²) in [5.41, 5.74) is 0.739. The minimum atomic E-state index is -0.445. The van der Waals surface area contributed by atoms with E-state index >= 15 is 0 Å². The Morgan fingerprint density at radius 1 is 1.07 bits per heavy atom. The predicted octanol–water partition coefficient (Wildman–Crippen LogP) is 4.20. The van der Waals surface area contributed by atoms with Crippen molar-refractivity contribution in [1.82, 2.24) is 9.13 Å². The van der Waals surface area contributed by atoms with Crippen LogP contribution in [-0.4, -0.2) is 9.13 Å². The number of benzene rings is 2. The van der Waals surface area contributed by atoms with Crippen LogP contribution in [0.5, 0.6) is 0 Å². The normalized spacial score (nSPS) is 10.8. The maximum atomic E-state index is 13.5. The largest absolute Gasteiger partial charge is 0.332 e. The fourth-order valence-electron chi connectivity index (χ4n) is 3.14. The minimum Gasteiger partial charge on any atom is -0.287 e. The van der Waals surface area contributed by atoms with Gasteiger partial charge < -0.3 is 0 Å². The van der Waals surface area contributed by atoms with Crippen LogP contribution in [0.1, 0.15) is 16.0 Å². The molecule has 0 unspecified atom stereocenters. The van der Waals surface area contributed by atoms with Crippen molar-refractivity contribution in [3.8, 4) is 11.8 Å². The summed E-state index contributed by atoms with van der Waals surface area (Å²) in [6, 6.07) is 15.0. The molecule has 0 amide bonds. The van der Waals surface area contributed by atoms with Crippen molar-refractivity contribution in [2.45, 2.75) is 13.0 Å². The van der Waals surface area contributed by atoms with Crippen molar-refractivity contribution < 1.29 is 4.39 Å². The van der Waals surface area contributed by atoms with Gasteiger partial charge in [0.15, 0.2) is 0 Å². The van der Waals surface area contributed by atoms with Gasteiger partial charge in [-0.1, -0.05) is 47.7 Å². The van der Waals surface area contributed by atoms with E-state index in [2.05, 4.69) is 11.8 Å². The summed E-state index contributed by atoms with van der Waals surface area (Å²) >= 11 is 7.19. The van der Waals surface area contributed by atoms with Gasteiger partial charge >= 0.3 is 5.69 Å². The number of hydrogen-bond donors (Lipinski definition) is 0. The third kappa shape index (κ3) is 4.09. The van der Waals surface area contributed by atoms with E-state index in [1.54, 1.807) is 25.2 Å². The number of thiophene rings is 1. The molecular weight excluding hydrogens is 423 g/mol. The van der Waals surface area contributed by atoms with E-state index in [9.17, 15) is 14.0 Å². The summed E-state index contributed by atoms with van der Waals surface area (Å²) < 4.78 is 16.0. The zero-order valence-electron chi connectivity index (χ0n) is 16.0. The zero-order chi connectivity index (χ0) is 21.3. The molecule has 0 N–H and O–H groups in total. The first-order valence-corrected chi connectivity index (χ1v) is 10.3. The average molecular weight is 439 g/mol. The van der Waals surface area contributed by atoms with Crippen LogP contribution in [0.4, 0.5) is 4.39 Å². The number of hydrogen-bond acceptors (Lipinski definition) is 3. The molecule has 0 aliphatic heterocycles. The molecule has 30 heavy (non-hydrogen) atoms. The Balaban J connectivity index is 1.69. The molecule has 0 atom stereocenters. The Labute approximate surface area is 180 Å². The topological polar surface area (TPSA) is 44.0 Å². The maximum Gasteiger partial charge on any atom is 0.332 e. The molecule has 150 valence electrons. The van der Waals surface area contributed by atoms with E-state index in [0.29, 0.717) is 32.1 Å². The third-order valence-corrected chi connectivity index (χ3v) is 6.04. The summed E-state index contributed by atoms with van der Waals surface area (Å²) in [7, 11) is 1.62. The van der Waals surface area contributed by atoms with Crippen LogP contribution in [0.2, 0.25) is 5.02 Å². The first-order valence-electron chi connectivity index (χ1n) is 9.13. The van der Waals surface area contributed by atoms with E-state index in [1.807, 2.05) is 24.3 Å². The molecule has 0 bridgehead atoms. The number of nitrogens with zero attached hydrogens (tertiary/aromatic N) is 2. The number of aromatic nitrogens is 2. The quantitative estimate of drug-likeness (QED) is 0.450. The second-order valence-corrected chi connectivity index (χ2v) is 8.26. The highest BCUT2D eigenvalue weighted by Gasteiger charge is 2.14. The summed E-state index contributed by atoms with van der Waals surface area (Å²) in [5.74, 6) is 5.75. The minimum absolute atomic E-state index is 0.00658. The Bertz CT molecular complexity index is 1420. The van der Waals surface area contributed by atoms with Crippen molar-refractivity contribution >= 4 is 33.2 Å². The predicted molar refractivity (Wildman–Crippen MR) is 119 cm³/mol. The van der Waals surface area contributed by atoms with Crippen LogP contribution in [0, 0.1) is 17.7 Å². The van der Waals surface area contributed by atoms with E-state index in [0.717, 1.165) is 10.1 Å².